The SMILES string of the molecule is CC(C)(C)n1nc2c(c1NC(=O)CCCc1ccccc1)CSC2. The summed E-state index contributed by atoms with van der Waals surface area (Å²) < 4.78 is 1.98. The minimum absolute atomic E-state index is 0.0797. The summed E-state index contributed by atoms with van der Waals surface area (Å²) in [4.78, 5) is 12.4. The van der Waals surface area contributed by atoms with E-state index in [9.17, 15) is 4.79 Å². The van der Waals surface area contributed by atoms with Gasteiger partial charge >= 0.3 is 0 Å². The standard InChI is InChI=1S/C19H25N3OS/c1-19(2,3)22-18(15-12-24-13-16(15)21-22)20-17(23)11-7-10-14-8-5-4-6-9-14/h4-6,8-9H,7,10-13H2,1-3H3,(H,20,23). The van der Waals surface area contributed by atoms with Crippen LogP contribution in [0.25, 0.3) is 0 Å². The molecule has 1 aromatic heterocycles. The van der Waals surface area contributed by atoms with Crippen LogP contribution in [0.15, 0.2) is 30.3 Å². The molecule has 4 nitrogen and oxygen atoms in total. The third-order valence-corrected chi connectivity index (χ3v) is 5.13. The molecule has 1 N–H and O–H groups in total. The normalized spacial score (nSPS) is 13.8. The zero-order valence-corrected chi connectivity index (χ0v) is 15.4. The lowest BCUT2D eigenvalue weighted by atomic mass is 10.1. The molecule has 0 saturated heterocycles. The van der Waals surface area contributed by atoms with Gasteiger partial charge in [-0.1, -0.05) is 30.3 Å². The Morgan fingerprint density at radius 3 is 2.71 bits per heavy atom. The van der Waals surface area contributed by atoms with Gasteiger partial charge in [0.05, 0.1) is 11.2 Å². The molecular formula is C19H25N3OS. The number of fused-ring (bicyclic) bond motifs is 1. The molecule has 128 valence electrons. The molecule has 5 heteroatoms. The summed E-state index contributed by atoms with van der Waals surface area (Å²) in [5, 5.41) is 7.86. The Morgan fingerprint density at radius 1 is 1.25 bits per heavy atom. The predicted octanol–water partition coefficient (Wildman–Crippen LogP) is 4.35. The Hall–Kier alpha value is -1.75. The molecule has 0 fully saturated rings. The highest BCUT2D eigenvalue weighted by Gasteiger charge is 2.28. The second kappa shape index (κ2) is 7.01. The van der Waals surface area contributed by atoms with Crippen LogP contribution in [-0.2, 0) is 28.3 Å². The van der Waals surface area contributed by atoms with Gasteiger partial charge in [0.2, 0.25) is 5.91 Å². The molecule has 2 aromatic rings. The summed E-state index contributed by atoms with van der Waals surface area (Å²) in [7, 11) is 0. The molecule has 1 amide bonds. The first-order valence-electron chi connectivity index (χ1n) is 8.48. The third kappa shape index (κ3) is 3.83. The number of rotatable bonds is 5. The number of carbonyl (C=O) groups is 1. The number of benzene rings is 1. The molecule has 0 radical (unpaired) electrons. The van der Waals surface area contributed by atoms with Crippen molar-refractivity contribution in [3.8, 4) is 0 Å². The molecule has 3 rings (SSSR count). The van der Waals surface area contributed by atoms with E-state index in [-0.39, 0.29) is 11.4 Å². The first kappa shape index (κ1) is 17.1. The van der Waals surface area contributed by atoms with E-state index in [0.717, 1.165) is 35.9 Å². The first-order chi connectivity index (χ1) is 11.4. The molecule has 1 aromatic carbocycles. The zero-order chi connectivity index (χ0) is 17.2. The Balaban J connectivity index is 1.64. The van der Waals surface area contributed by atoms with E-state index in [4.69, 9.17) is 5.10 Å². The average molecular weight is 343 g/mol. The van der Waals surface area contributed by atoms with Gasteiger partial charge in [-0.2, -0.15) is 16.9 Å². The largest absolute Gasteiger partial charge is 0.311 e. The number of nitrogens with zero attached hydrogens (tertiary/aromatic N) is 2. The van der Waals surface area contributed by atoms with Gasteiger partial charge in [0, 0.05) is 23.5 Å². The Kier molecular flexibility index (Phi) is 4.99. The van der Waals surface area contributed by atoms with Crippen molar-refractivity contribution in [3.63, 3.8) is 0 Å². The fraction of sp³-hybridized carbons (Fsp3) is 0.474. The van der Waals surface area contributed by atoms with Crippen LogP contribution in [0, 0.1) is 0 Å². The molecule has 2 heterocycles. The smallest absolute Gasteiger partial charge is 0.225 e. The Labute approximate surface area is 148 Å². The van der Waals surface area contributed by atoms with Gasteiger partial charge < -0.3 is 5.32 Å². The fourth-order valence-corrected chi connectivity index (χ4v) is 3.95. The summed E-state index contributed by atoms with van der Waals surface area (Å²) >= 11 is 1.86. The number of nitrogens with one attached hydrogen (secondary N) is 1. The van der Waals surface area contributed by atoms with E-state index in [1.54, 1.807) is 0 Å². The summed E-state index contributed by atoms with van der Waals surface area (Å²) in [6.45, 7) is 6.36. The molecule has 0 saturated carbocycles. The number of aromatic nitrogens is 2. The van der Waals surface area contributed by atoms with Crippen molar-refractivity contribution in [2.45, 2.75) is 57.1 Å². The number of hydrogen-bond acceptors (Lipinski definition) is 3. The van der Waals surface area contributed by atoms with Gasteiger partial charge in [-0.15, -0.1) is 0 Å². The summed E-state index contributed by atoms with van der Waals surface area (Å²) in [6, 6.07) is 10.3. The topological polar surface area (TPSA) is 46.9 Å². The maximum absolute atomic E-state index is 12.4. The number of carbonyl (C=O) groups excluding carboxylic acids is 1. The van der Waals surface area contributed by atoms with Crippen LogP contribution in [-0.4, -0.2) is 15.7 Å². The van der Waals surface area contributed by atoms with Crippen molar-refractivity contribution < 1.29 is 4.79 Å². The second-order valence-corrected chi connectivity index (χ2v) is 8.22. The third-order valence-electron chi connectivity index (χ3n) is 4.16. The quantitative estimate of drug-likeness (QED) is 0.878. The lowest BCUT2D eigenvalue weighted by Crippen LogP contribution is -2.27. The predicted molar refractivity (Wildman–Crippen MR) is 100 cm³/mol. The van der Waals surface area contributed by atoms with Gasteiger partial charge in [-0.05, 0) is 39.2 Å². The summed E-state index contributed by atoms with van der Waals surface area (Å²) in [5.74, 6) is 2.85. The summed E-state index contributed by atoms with van der Waals surface area (Å²) in [6.07, 6.45) is 2.32. The number of hydrogen-bond donors (Lipinski definition) is 1. The van der Waals surface area contributed by atoms with E-state index in [1.165, 1.54) is 11.1 Å². The molecular weight excluding hydrogens is 318 g/mol. The van der Waals surface area contributed by atoms with E-state index >= 15 is 0 Å². The second-order valence-electron chi connectivity index (χ2n) is 7.24. The zero-order valence-electron chi connectivity index (χ0n) is 14.6. The van der Waals surface area contributed by atoms with Gasteiger partial charge in [-0.25, -0.2) is 4.68 Å². The van der Waals surface area contributed by atoms with Crippen LogP contribution in [0.2, 0.25) is 0 Å². The van der Waals surface area contributed by atoms with E-state index in [1.807, 2.05) is 34.6 Å². The van der Waals surface area contributed by atoms with Gasteiger partial charge in [0.15, 0.2) is 0 Å². The maximum atomic E-state index is 12.4. The lowest BCUT2D eigenvalue weighted by Gasteiger charge is -2.23. The molecule has 1 aliphatic rings. The molecule has 0 aliphatic carbocycles. The van der Waals surface area contributed by atoms with Crippen LogP contribution in [0.1, 0.15) is 50.4 Å². The van der Waals surface area contributed by atoms with E-state index in [2.05, 4.69) is 38.2 Å². The highest BCUT2D eigenvalue weighted by molar-refractivity contribution is 7.98. The molecule has 0 unspecified atom stereocenters. The lowest BCUT2D eigenvalue weighted by molar-refractivity contribution is -0.116. The van der Waals surface area contributed by atoms with Gasteiger partial charge in [0.25, 0.3) is 0 Å². The monoisotopic (exact) mass is 343 g/mol. The molecule has 0 atom stereocenters. The first-order valence-corrected chi connectivity index (χ1v) is 9.63. The van der Waals surface area contributed by atoms with Crippen molar-refractivity contribution >= 4 is 23.5 Å². The van der Waals surface area contributed by atoms with Crippen molar-refractivity contribution in [1.82, 2.24) is 9.78 Å². The highest BCUT2D eigenvalue weighted by Crippen LogP contribution is 2.37. The minimum atomic E-state index is -0.137. The Bertz CT molecular complexity index is 716. The van der Waals surface area contributed by atoms with Gasteiger partial charge in [-0.3, -0.25) is 4.79 Å². The number of thioether (sulfide) groups is 1. The van der Waals surface area contributed by atoms with E-state index in [0.29, 0.717) is 6.42 Å². The average Bonchev–Trinajstić information content (AvgIpc) is 3.10. The van der Waals surface area contributed by atoms with Crippen molar-refractivity contribution in [1.29, 1.82) is 0 Å². The highest BCUT2D eigenvalue weighted by atomic mass is 32.2. The van der Waals surface area contributed by atoms with Crippen LogP contribution in [0.5, 0.6) is 0 Å². The minimum Gasteiger partial charge on any atom is -0.311 e. The van der Waals surface area contributed by atoms with Crippen LogP contribution in [0.3, 0.4) is 0 Å². The van der Waals surface area contributed by atoms with Crippen LogP contribution >= 0.6 is 11.8 Å². The van der Waals surface area contributed by atoms with E-state index < -0.39 is 0 Å². The van der Waals surface area contributed by atoms with Crippen molar-refractivity contribution in [2.24, 2.45) is 0 Å². The summed E-state index contributed by atoms with van der Waals surface area (Å²) in [5.41, 5.74) is 3.46. The van der Waals surface area contributed by atoms with Crippen LogP contribution < -0.4 is 5.32 Å². The number of aryl methyl sites for hydroxylation is 1. The van der Waals surface area contributed by atoms with Crippen molar-refractivity contribution in [2.75, 3.05) is 5.32 Å². The Morgan fingerprint density at radius 2 is 2.00 bits per heavy atom. The number of anilines is 1. The molecule has 0 bridgehead atoms. The molecule has 1 aliphatic heterocycles. The fourth-order valence-electron chi connectivity index (χ4n) is 2.92. The van der Waals surface area contributed by atoms with Crippen LogP contribution in [0.4, 0.5) is 5.82 Å². The number of amides is 1. The van der Waals surface area contributed by atoms with Crippen molar-refractivity contribution in [3.05, 3.63) is 47.2 Å². The van der Waals surface area contributed by atoms with Gasteiger partial charge in [0.1, 0.15) is 5.82 Å². The molecule has 0 spiro atoms. The maximum Gasteiger partial charge on any atom is 0.225 e. The molecule has 24 heavy (non-hydrogen) atoms.